The van der Waals surface area contributed by atoms with Crippen LogP contribution in [0.4, 0.5) is 0 Å². The smallest absolute Gasteiger partial charge is 0.286 e. The normalized spacial score (nSPS) is 62.8. The van der Waals surface area contributed by atoms with E-state index in [1.54, 1.807) is 0 Å². The number of phosphoric ester groups is 2. The van der Waals surface area contributed by atoms with E-state index >= 15 is 0 Å². The molecule has 0 aromatic heterocycles. The fourth-order valence-corrected chi connectivity index (χ4v) is 12.3. The van der Waals surface area contributed by atoms with Crippen LogP contribution in [0.5, 0.6) is 0 Å². The highest BCUT2D eigenvalue weighted by atomic mass is 31.2. The van der Waals surface area contributed by atoms with Crippen LogP contribution >= 0.6 is 15.6 Å². The van der Waals surface area contributed by atoms with Crippen molar-refractivity contribution in [3.63, 3.8) is 0 Å². The fourth-order valence-electron chi connectivity index (χ4n) is 9.40. The molecule has 0 spiro atoms. The zero-order valence-electron chi connectivity index (χ0n) is 18.2. The van der Waals surface area contributed by atoms with Crippen LogP contribution in [0.25, 0.3) is 0 Å². The Hall–Kier alpha value is 0.220. The Kier molecular flexibility index (Phi) is 4.03. The standard InChI is InChI=1S/C21H32O8P2/c1-18-6-14-3-15(7-18)5-16(4-14)19(18,2)17(20-8-24-30(22,25-9-20)26-10-20)21-11-27-31(23,28-12-21)29-13-21/h14-17H,3-13H2,1-2H3. The molecule has 0 aromatic rings. The van der Waals surface area contributed by atoms with E-state index in [1.807, 2.05) is 0 Å². The van der Waals surface area contributed by atoms with Crippen LogP contribution in [0.15, 0.2) is 0 Å². The molecule has 10 aliphatic rings. The van der Waals surface area contributed by atoms with Gasteiger partial charge in [-0.15, -0.1) is 0 Å². The van der Waals surface area contributed by atoms with Crippen molar-refractivity contribution in [3.05, 3.63) is 0 Å². The molecule has 10 heteroatoms. The topological polar surface area (TPSA) is 89.5 Å². The zero-order chi connectivity index (χ0) is 21.3. The molecule has 0 aromatic carbocycles. The predicted molar refractivity (Wildman–Crippen MR) is 109 cm³/mol. The van der Waals surface area contributed by atoms with Crippen molar-refractivity contribution in [1.29, 1.82) is 0 Å². The highest BCUT2D eigenvalue weighted by molar-refractivity contribution is 7.48. The highest BCUT2D eigenvalue weighted by Gasteiger charge is 2.74. The Morgan fingerprint density at radius 3 is 1.42 bits per heavy atom. The molecular formula is C21H32O8P2. The summed E-state index contributed by atoms with van der Waals surface area (Å²) in [5.74, 6) is 2.26. The Bertz CT molecular complexity index is 798. The zero-order valence-corrected chi connectivity index (χ0v) is 20.0. The molecule has 10 rings (SSSR count). The van der Waals surface area contributed by atoms with Gasteiger partial charge in [0.15, 0.2) is 0 Å². The van der Waals surface area contributed by atoms with Crippen molar-refractivity contribution in [2.75, 3.05) is 39.6 Å². The minimum absolute atomic E-state index is 0.0378. The molecule has 6 aliphatic heterocycles. The molecule has 0 N–H and O–H groups in total. The summed E-state index contributed by atoms with van der Waals surface area (Å²) >= 11 is 0. The van der Waals surface area contributed by atoms with E-state index in [-0.39, 0.29) is 16.7 Å². The molecule has 8 bridgehead atoms. The number of fused-ring (bicyclic) bond motifs is 6. The molecule has 0 amide bonds. The monoisotopic (exact) mass is 474 g/mol. The van der Waals surface area contributed by atoms with Gasteiger partial charge in [0.05, 0.1) is 39.6 Å². The van der Waals surface area contributed by atoms with E-state index < -0.39 is 26.5 Å². The van der Waals surface area contributed by atoms with Gasteiger partial charge in [0.1, 0.15) is 0 Å². The summed E-state index contributed by atoms with van der Waals surface area (Å²) in [6, 6.07) is 0. The maximum absolute atomic E-state index is 12.6. The lowest BCUT2D eigenvalue weighted by Crippen LogP contribution is -2.71. The summed E-state index contributed by atoms with van der Waals surface area (Å²) < 4.78 is 59.4. The second-order valence-corrected chi connectivity index (χ2v) is 15.4. The predicted octanol–water partition coefficient (Wildman–Crippen LogP) is 4.80. The third kappa shape index (κ3) is 2.55. The number of phosphoric acid groups is 2. The van der Waals surface area contributed by atoms with Crippen molar-refractivity contribution < 1.29 is 36.3 Å². The second kappa shape index (κ2) is 6.07. The number of rotatable bonds is 3. The van der Waals surface area contributed by atoms with Crippen molar-refractivity contribution in [2.45, 2.75) is 46.0 Å². The molecular weight excluding hydrogens is 442 g/mol. The first kappa shape index (κ1) is 20.6. The lowest BCUT2D eigenvalue weighted by atomic mass is 9.33. The maximum Gasteiger partial charge on any atom is 0.474 e. The average molecular weight is 474 g/mol. The average Bonchev–Trinajstić information content (AvgIpc) is 2.74. The van der Waals surface area contributed by atoms with Crippen molar-refractivity contribution >= 4 is 15.6 Å². The summed E-state index contributed by atoms with van der Waals surface area (Å²) in [6.07, 6.45) is 6.36. The Labute approximate surface area is 183 Å². The highest BCUT2D eigenvalue weighted by Crippen LogP contribution is 2.78. The van der Waals surface area contributed by atoms with Crippen LogP contribution in [0.2, 0.25) is 0 Å². The van der Waals surface area contributed by atoms with Gasteiger partial charge in [0.25, 0.3) is 0 Å². The summed E-state index contributed by atoms with van der Waals surface area (Å²) in [7, 11) is -6.85. The Balaban J connectivity index is 1.38. The van der Waals surface area contributed by atoms with Gasteiger partial charge in [0.2, 0.25) is 0 Å². The molecule has 6 saturated heterocycles. The molecule has 31 heavy (non-hydrogen) atoms. The Morgan fingerprint density at radius 1 is 0.677 bits per heavy atom. The van der Waals surface area contributed by atoms with Gasteiger partial charge in [0, 0.05) is 10.8 Å². The van der Waals surface area contributed by atoms with Crippen LogP contribution in [-0.2, 0) is 36.3 Å². The Morgan fingerprint density at radius 2 is 1.06 bits per heavy atom. The van der Waals surface area contributed by atoms with E-state index in [9.17, 15) is 9.13 Å². The van der Waals surface area contributed by atoms with Crippen LogP contribution in [-0.4, -0.2) is 39.6 Å². The van der Waals surface area contributed by atoms with Gasteiger partial charge in [-0.2, -0.15) is 0 Å². The van der Waals surface area contributed by atoms with Gasteiger partial charge < -0.3 is 0 Å². The van der Waals surface area contributed by atoms with E-state index in [1.165, 1.54) is 32.1 Å². The molecule has 3 unspecified atom stereocenters. The van der Waals surface area contributed by atoms with Crippen LogP contribution in [0, 0.1) is 45.3 Å². The first-order valence-electron chi connectivity index (χ1n) is 11.7. The van der Waals surface area contributed by atoms with Crippen LogP contribution < -0.4 is 0 Å². The second-order valence-electron chi connectivity index (χ2n) is 12.1. The lowest BCUT2D eigenvalue weighted by Gasteiger charge is -2.73. The van der Waals surface area contributed by atoms with Crippen LogP contribution in [0.1, 0.15) is 46.0 Å². The third-order valence-corrected chi connectivity index (χ3v) is 13.1. The summed E-state index contributed by atoms with van der Waals surface area (Å²) in [4.78, 5) is 0. The molecule has 4 aliphatic carbocycles. The van der Waals surface area contributed by atoms with E-state index in [4.69, 9.17) is 27.1 Å². The summed E-state index contributed by atoms with van der Waals surface area (Å²) in [6.45, 7) is 7.03. The van der Waals surface area contributed by atoms with Gasteiger partial charge in [-0.1, -0.05) is 13.8 Å². The van der Waals surface area contributed by atoms with Gasteiger partial charge in [-0.25, -0.2) is 9.13 Å². The molecule has 8 nitrogen and oxygen atoms in total. The van der Waals surface area contributed by atoms with Crippen molar-refractivity contribution in [2.24, 2.45) is 45.3 Å². The minimum atomic E-state index is -3.43. The largest absolute Gasteiger partial charge is 0.474 e. The van der Waals surface area contributed by atoms with E-state index in [2.05, 4.69) is 13.8 Å². The first-order valence-corrected chi connectivity index (χ1v) is 14.6. The number of hydrogen-bond acceptors (Lipinski definition) is 8. The maximum atomic E-state index is 12.6. The molecule has 174 valence electrons. The minimum Gasteiger partial charge on any atom is -0.286 e. The van der Waals surface area contributed by atoms with E-state index in [0.29, 0.717) is 45.6 Å². The molecule has 3 atom stereocenters. The summed E-state index contributed by atoms with van der Waals surface area (Å²) in [5, 5.41) is 0. The van der Waals surface area contributed by atoms with Crippen molar-refractivity contribution in [3.8, 4) is 0 Å². The third-order valence-electron chi connectivity index (χ3n) is 10.4. The molecule has 6 heterocycles. The SMILES string of the molecule is CC12CC3CC(CC(C3)C1(C)C(C13COP(=O)(OC1)OC3)C13COP(=O)(OC1)OC3)C2. The molecule has 0 radical (unpaired) electrons. The van der Waals surface area contributed by atoms with Crippen molar-refractivity contribution in [1.82, 2.24) is 0 Å². The molecule has 10 fully saturated rings. The fraction of sp³-hybridized carbons (Fsp3) is 1.00. The van der Waals surface area contributed by atoms with Crippen LogP contribution in [0.3, 0.4) is 0 Å². The lowest BCUT2D eigenvalue weighted by molar-refractivity contribution is -0.288. The summed E-state index contributed by atoms with van der Waals surface area (Å²) in [5.41, 5.74) is -0.793. The van der Waals surface area contributed by atoms with Gasteiger partial charge in [-0.05, 0) is 66.6 Å². The quantitative estimate of drug-likeness (QED) is 0.539. The number of hydrogen-bond donors (Lipinski definition) is 0. The van der Waals surface area contributed by atoms with Gasteiger partial charge in [-0.3, -0.25) is 27.1 Å². The molecule has 4 saturated carbocycles. The first-order chi connectivity index (χ1) is 14.6. The van der Waals surface area contributed by atoms with Gasteiger partial charge >= 0.3 is 15.6 Å². The van der Waals surface area contributed by atoms with E-state index in [0.717, 1.165) is 11.8 Å².